The maximum atomic E-state index is 13.8. The molecule has 5 rings (SSSR count). The molecule has 0 radical (unpaired) electrons. The van der Waals surface area contributed by atoms with Crippen molar-refractivity contribution in [2.24, 2.45) is 0 Å². The van der Waals surface area contributed by atoms with Gasteiger partial charge in [-0.15, -0.1) is 0 Å². The van der Waals surface area contributed by atoms with Crippen LogP contribution < -0.4 is 0 Å². The molecule has 18 nitrogen and oxygen atoms in total. The number of carbonyl (C=O) groups excluding carboxylic acids is 7. The third-order valence-electron chi connectivity index (χ3n) is 10.7. The summed E-state index contributed by atoms with van der Waals surface area (Å²) in [4.78, 5) is 92.4. The van der Waals surface area contributed by atoms with E-state index in [1.165, 1.54) is 18.2 Å². The van der Waals surface area contributed by atoms with Crippen molar-refractivity contribution in [2.45, 2.75) is 108 Å². The van der Waals surface area contributed by atoms with Crippen LogP contribution in [0.4, 0.5) is 0 Å². The molecule has 2 N–H and O–H groups in total. The summed E-state index contributed by atoms with van der Waals surface area (Å²) >= 11 is 0. The van der Waals surface area contributed by atoms with Gasteiger partial charge in [0.05, 0.1) is 78.9 Å². The number of carbonyl (C=O) groups is 7. The summed E-state index contributed by atoms with van der Waals surface area (Å²) in [5.41, 5.74) is -1.26. The average molecular weight is 929 g/mol. The molecule has 5 atom stereocenters. The number of ketones is 4. The lowest BCUT2D eigenvalue weighted by molar-refractivity contribution is -0.148. The number of benzene rings is 2. The Bertz CT molecular complexity index is 1870. The molecule has 2 aromatic carbocycles. The first-order valence-electron chi connectivity index (χ1n) is 22.1. The Morgan fingerprint density at radius 3 is 1.67 bits per heavy atom. The second kappa shape index (κ2) is 28.5. The van der Waals surface area contributed by atoms with Gasteiger partial charge in [0.2, 0.25) is 0 Å². The van der Waals surface area contributed by atoms with Gasteiger partial charge in [0.25, 0.3) is 0 Å². The SMILES string of the molecule is C.O=CC(CC(=O)c1ccc(C(=O)CCC(=O)OCC(O)COCCOCC2CO2)c(C(=O)CCC(=O)OCC(O)COCCOCC2CO2)c1)OC1(C(=O)c2ccccc2)CCCCC1. The Balaban J connectivity index is 0.00000952. The van der Waals surface area contributed by atoms with Gasteiger partial charge in [-0.3, -0.25) is 28.8 Å². The van der Waals surface area contributed by atoms with Crippen LogP contribution in [0.25, 0.3) is 0 Å². The summed E-state index contributed by atoms with van der Waals surface area (Å²) in [5.74, 6) is -3.84. The molecule has 2 saturated heterocycles. The van der Waals surface area contributed by atoms with Gasteiger partial charge in [-0.1, -0.05) is 63.1 Å². The van der Waals surface area contributed by atoms with Gasteiger partial charge in [-0.05, 0) is 25.0 Å². The maximum Gasteiger partial charge on any atom is 0.306 e. The van der Waals surface area contributed by atoms with Gasteiger partial charge in [-0.2, -0.15) is 0 Å². The predicted molar refractivity (Wildman–Crippen MR) is 233 cm³/mol. The van der Waals surface area contributed by atoms with Crippen LogP contribution in [0, 0.1) is 0 Å². The second-order valence-corrected chi connectivity index (χ2v) is 16.2. The van der Waals surface area contributed by atoms with Crippen molar-refractivity contribution < 1.29 is 86.4 Å². The monoisotopic (exact) mass is 928 g/mol. The first kappa shape index (κ1) is 54.0. The molecular weight excluding hydrogens is 865 g/mol. The summed E-state index contributed by atoms with van der Waals surface area (Å²) in [6, 6.07) is 12.3. The Morgan fingerprint density at radius 2 is 1.15 bits per heavy atom. The Morgan fingerprint density at radius 1 is 0.636 bits per heavy atom. The van der Waals surface area contributed by atoms with Crippen LogP contribution in [0.5, 0.6) is 0 Å². The van der Waals surface area contributed by atoms with Crippen molar-refractivity contribution in [3.63, 3.8) is 0 Å². The quantitative estimate of drug-likeness (QED) is 0.0334. The molecule has 2 heterocycles. The molecule has 66 heavy (non-hydrogen) atoms. The fourth-order valence-electron chi connectivity index (χ4n) is 7.03. The smallest absolute Gasteiger partial charge is 0.306 e. The first-order valence-corrected chi connectivity index (χ1v) is 22.1. The number of epoxide rings is 2. The van der Waals surface area contributed by atoms with Crippen LogP contribution in [0.3, 0.4) is 0 Å². The molecule has 2 aliphatic heterocycles. The number of esters is 2. The summed E-state index contributed by atoms with van der Waals surface area (Å²) in [6.45, 7) is 2.25. The topological polar surface area (TPSA) is 250 Å². The Kier molecular flexibility index (Phi) is 23.3. The van der Waals surface area contributed by atoms with E-state index in [1.54, 1.807) is 30.3 Å². The number of aldehydes is 1. The largest absolute Gasteiger partial charge is 0.463 e. The van der Waals surface area contributed by atoms with Crippen molar-refractivity contribution in [3.05, 3.63) is 70.8 Å². The van der Waals surface area contributed by atoms with Gasteiger partial charge >= 0.3 is 11.9 Å². The highest BCUT2D eigenvalue weighted by Gasteiger charge is 2.43. The standard InChI is InChI=1S/C47H60O18.CH4/c48-23-36(65-47(15-5-2-6-16-47)46(56)32-7-3-1-4-8-32)22-43(53)33-9-10-39(41(51)11-13-44(54)63-26-34(49)24-57-17-19-59-28-37-30-61-37)40(21-33)42(52)12-14-45(55)64-27-35(50)25-58-18-20-60-29-38-31-62-38;/h1,3-4,7-10,21,23,34-38,49-50H,2,5-6,11-20,22,24-31H2;1H4. The van der Waals surface area contributed by atoms with E-state index in [4.69, 9.17) is 42.6 Å². The summed E-state index contributed by atoms with van der Waals surface area (Å²) in [6.07, 6.45) is -2.03. The minimum Gasteiger partial charge on any atom is -0.463 e. The van der Waals surface area contributed by atoms with Crippen molar-refractivity contribution in [1.29, 1.82) is 0 Å². The molecule has 364 valence electrons. The molecule has 2 aromatic rings. The third kappa shape index (κ3) is 18.9. The molecule has 0 spiro atoms. The van der Waals surface area contributed by atoms with Gasteiger partial charge in [0.15, 0.2) is 23.1 Å². The molecule has 18 heteroatoms. The van der Waals surface area contributed by atoms with E-state index >= 15 is 0 Å². The summed E-state index contributed by atoms with van der Waals surface area (Å²) < 4.78 is 47.9. The number of rotatable bonds is 34. The fraction of sp³-hybridized carbons (Fsp3) is 0.604. The van der Waals surface area contributed by atoms with E-state index in [1.807, 2.05) is 0 Å². The van der Waals surface area contributed by atoms with E-state index in [0.717, 1.165) is 6.42 Å². The van der Waals surface area contributed by atoms with Crippen LogP contribution in [0.2, 0.25) is 0 Å². The van der Waals surface area contributed by atoms with Crippen molar-refractivity contribution in [2.75, 3.05) is 79.3 Å². The third-order valence-corrected chi connectivity index (χ3v) is 10.7. The lowest BCUT2D eigenvalue weighted by Gasteiger charge is -2.37. The summed E-state index contributed by atoms with van der Waals surface area (Å²) in [7, 11) is 0. The molecule has 0 amide bonds. The Labute approximate surface area is 384 Å². The normalized spacial score (nSPS) is 18.5. The van der Waals surface area contributed by atoms with Crippen LogP contribution in [-0.2, 0) is 57.0 Å². The number of hydrogen-bond donors (Lipinski definition) is 2. The molecule has 0 aromatic heterocycles. The average Bonchev–Trinajstić information content (AvgIpc) is 4.28. The van der Waals surface area contributed by atoms with E-state index in [-0.39, 0.29) is 75.1 Å². The highest BCUT2D eigenvalue weighted by Crippen LogP contribution is 2.36. The molecular formula is C48H64O18. The van der Waals surface area contributed by atoms with Crippen LogP contribution >= 0.6 is 0 Å². The first-order chi connectivity index (χ1) is 31.5. The predicted octanol–water partition coefficient (Wildman–Crippen LogP) is 3.66. The molecule has 3 aliphatic rings. The number of ether oxygens (including phenoxy) is 9. The zero-order valence-electron chi connectivity index (χ0n) is 36.6. The van der Waals surface area contributed by atoms with Crippen LogP contribution in [0.1, 0.15) is 113 Å². The van der Waals surface area contributed by atoms with E-state index in [2.05, 4.69) is 0 Å². The number of hydrogen-bond acceptors (Lipinski definition) is 18. The van der Waals surface area contributed by atoms with Crippen LogP contribution in [0.15, 0.2) is 48.5 Å². The number of aliphatic hydroxyl groups is 2. The lowest BCUT2D eigenvalue weighted by atomic mass is 9.79. The highest BCUT2D eigenvalue weighted by atomic mass is 16.6. The van der Waals surface area contributed by atoms with E-state index in [0.29, 0.717) is 77.2 Å². The molecule has 1 aliphatic carbocycles. The fourth-order valence-corrected chi connectivity index (χ4v) is 7.03. The minimum absolute atomic E-state index is 0. The lowest BCUT2D eigenvalue weighted by Crippen LogP contribution is -2.47. The highest BCUT2D eigenvalue weighted by molar-refractivity contribution is 6.11. The minimum atomic E-state index is -1.31. The second-order valence-electron chi connectivity index (χ2n) is 16.2. The zero-order valence-corrected chi connectivity index (χ0v) is 36.6. The van der Waals surface area contributed by atoms with E-state index < -0.39 is 91.9 Å². The molecule has 5 unspecified atom stereocenters. The van der Waals surface area contributed by atoms with Crippen molar-refractivity contribution in [3.8, 4) is 0 Å². The van der Waals surface area contributed by atoms with Crippen LogP contribution in [-0.4, -0.2) is 167 Å². The maximum absolute atomic E-state index is 13.8. The zero-order chi connectivity index (χ0) is 46.4. The van der Waals surface area contributed by atoms with Crippen molar-refractivity contribution in [1.82, 2.24) is 0 Å². The van der Waals surface area contributed by atoms with Gasteiger partial charge < -0.3 is 57.6 Å². The van der Waals surface area contributed by atoms with E-state index in [9.17, 15) is 43.8 Å². The number of Topliss-reactive ketones (excluding diaryl/α,β-unsaturated/α-hetero) is 4. The van der Waals surface area contributed by atoms with Crippen molar-refractivity contribution >= 4 is 41.4 Å². The van der Waals surface area contributed by atoms with Gasteiger partial charge in [-0.25, -0.2) is 0 Å². The number of aliphatic hydroxyl groups excluding tert-OH is 2. The Hall–Kier alpha value is -4.63. The summed E-state index contributed by atoms with van der Waals surface area (Å²) in [5, 5.41) is 20.3. The molecule has 0 bridgehead atoms. The molecule has 3 fully saturated rings. The van der Waals surface area contributed by atoms with Gasteiger partial charge in [0.1, 0.15) is 55.6 Å². The van der Waals surface area contributed by atoms with Gasteiger partial charge in [0, 0.05) is 41.5 Å². The molecule has 1 saturated carbocycles.